The smallest absolute Gasteiger partial charge is 0.244 e. The van der Waals surface area contributed by atoms with Crippen LogP contribution >= 0.6 is 12.4 Å². The quantitative estimate of drug-likeness (QED) is 0.819. The Morgan fingerprint density at radius 3 is 2.75 bits per heavy atom. The minimum atomic E-state index is -0.387. The summed E-state index contributed by atoms with van der Waals surface area (Å²) < 4.78 is 0. The van der Waals surface area contributed by atoms with E-state index in [0.29, 0.717) is 13.0 Å². The molecule has 2 atom stereocenters. The molecule has 1 aliphatic carbocycles. The third-order valence-corrected chi connectivity index (χ3v) is 4.75. The molecule has 3 aliphatic rings. The second kappa shape index (κ2) is 4.72. The lowest BCUT2D eigenvalue weighted by Gasteiger charge is -2.21. The van der Waals surface area contributed by atoms with Crippen molar-refractivity contribution in [2.24, 2.45) is 0 Å². The van der Waals surface area contributed by atoms with Gasteiger partial charge in [0.05, 0.1) is 12.1 Å². The SMILES string of the molecule is Cl.O=C(C1CC(O)CN1)N1CC2(CC2)c2ccccc21. The molecule has 1 spiro atoms. The van der Waals surface area contributed by atoms with Crippen molar-refractivity contribution in [2.45, 2.75) is 36.8 Å². The van der Waals surface area contributed by atoms with E-state index < -0.39 is 0 Å². The molecule has 5 heteroatoms. The van der Waals surface area contributed by atoms with Crippen LogP contribution in [0.25, 0.3) is 0 Å². The molecule has 2 aliphatic heterocycles. The first-order valence-corrected chi connectivity index (χ1v) is 7.02. The van der Waals surface area contributed by atoms with Gasteiger partial charge in [0.25, 0.3) is 0 Å². The van der Waals surface area contributed by atoms with Crippen molar-refractivity contribution >= 4 is 24.0 Å². The van der Waals surface area contributed by atoms with Crippen molar-refractivity contribution in [2.75, 3.05) is 18.0 Å². The number of rotatable bonds is 1. The van der Waals surface area contributed by atoms with Gasteiger partial charge in [0, 0.05) is 24.2 Å². The van der Waals surface area contributed by atoms with Crippen molar-refractivity contribution in [3.8, 4) is 0 Å². The van der Waals surface area contributed by atoms with Gasteiger partial charge in [0.2, 0.25) is 5.91 Å². The molecule has 2 heterocycles. The first kappa shape index (κ1) is 13.9. The number of benzene rings is 1. The van der Waals surface area contributed by atoms with Crippen LogP contribution in [0, 0.1) is 0 Å². The topological polar surface area (TPSA) is 52.6 Å². The maximum atomic E-state index is 12.6. The summed E-state index contributed by atoms with van der Waals surface area (Å²) in [5, 5.41) is 12.7. The summed E-state index contributed by atoms with van der Waals surface area (Å²) in [6.07, 6.45) is 2.52. The van der Waals surface area contributed by atoms with Crippen LogP contribution in [0.15, 0.2) is 24.3 Å². The molecule has 20 heavy (non-hydrogen) atoms. The molecule has 2 fully saturated rings. The van der Waals surface area contributed by atoms with Crippen molar-refractivity contribution < 1.29 is 9.90 Å². The van der Waals surface area contributed by atoms with E-state index in [2.05, 4.69) is 17.4 Å². The predicted molar refractivity (Wildman–Crippen MR) is 79.4 cm³/mol. The molecule has 1 aromatic carbocycles. The number of aliphatic hydroxyl groups is 1. The third-order valence-electron chi connectivity index (χ3n) is 4.75. The molecular formula is C15H19ClN2O2. The molecule has 1 aromatic rings. The zero-order chi connectivity index (χ0) is 13.0. The monoisotopic (exact) mass is 294 g/mol. The fraction of sp³-hybridized carbons (Fsp3) is 0.533. The lowest BCUT2D eigenvalue weighted by atomic mass is 9.99. The van der Waals surface area contributed by atoms with Crippen LogP contribution in [-0.2, 0) is 10.2 Å². The Kier molecular flexibility index (Phi) is 3.27. The summed E-state index contributed by atoms with van der Waals surface area (Å²) in [7, 11) is 0. The Labute approximate surface area is 124 Å². The van der Waals surface area contributed by atoms with Gasteiger partial charge in [-0.15, -0.1) is 12.4 Å². The summed E-state index contributed by atoms with van der Waals surface area (Å²) in [5.74, 6) is 0.118. The molecule has 0 bridgehead atoms. The molecule has 4 nitrogen and oxygen atoms in total. The third kappa shape index (κ3) is 1.94. The number of para-hydroxylation sites is 1. The van der Waals surface area contributed by atoms with Crippen LogP contribution in [0.1, 0.15) is 24.8 Å². The summed E-state index contributed by atoms with van der Waals surface area (Å²) >= 11 is 0. The first-order valence-electron chi connectivity index (χ1n) is 7.02. The van der Waals surface area contributed by atoms with E-state index >= 15 is 0 Å². The molecule has 0 radical (unpaired) electrons. The maximum absolute atomic E-state index is 12.6. The number of fused-ring (bicyclic) bond motifs is 2. The molecule has 1 saturated heterocycles. The number of nitrogens with one attached hydrogen (secondary N) is 1. The number of anilines is 1. The minimum Gasteiger partial charge on any atom is -0.392 e. The number of halogens is 1. The lowest BCUT2D eigenvalue weighted by Crippen LogP contribution is -2.43. The fourth-order valence-electron chi connectivity index (χ4n) is 3.50. The molecule has 2 unspecified atom stereocenters. The number of amides is 1. The first-order chi connectivity index (χ1) is 9.20. The van der Waals surface area contributed by atoms with Gasteiger partial charge >= 0.3 is 0 Å². The van der Waals surface area contributed by atoms with E-state index in [1.165, 1.54) is 18.4 Å². The molecule has 0 aromatic heterocycles. The largest absolute Gasteiger partial charge is 0.392 e. The molecule has 1 amide bonds. The summed E-state index contributed by atoms with van der Waals surface area (Å²) in [5.41, 5.74) is 2.65. The van der Waals surface area contributed by atoms with Gasteiger partial charge in [-0.1, -0.05) is 18.2 Å². The second-order valence-corrected chi connectivity index (χ2v) is 6.07. The maximum Gasteiger partial charge on any atom is 0.244 e. The van der Waals surface area contributed by atoms with E-state index in [9.17, 15) is 9.90 Å². The molecule has 2 N–H and O–H groups in total. The number of aliphatic hydroxyl groups excluding tert-OH is 1. The van der Waals surface area contributed by atoms with E-state index in [4.69, 9.17) is 0 Å². The van der Waals surface area contributed by atoms with Crippen molar-refractivity contribution in [3.63, 3.8) is 0 Å². The highest BCUT2D eigenvalue weighted by molar-refractivity contribution is 6.00. The molecule has 4 rings (SSSR count). The number of carbonyl (C=O) groups excluding carboxylic acids is 1. The van der Waals surface area contributed by atoms with Gasteiger partial charge in [-0.25, -0.2) is 0 Å². The number of β-amino-alcohol motifs (C(OH)–C–C–N with tert-alkyl or cyclic N) is 1. The van der Waals surface area contributed by atoms with Gasteiger partial charge < -0.3 is 15.3 Å². The number of hydrogen-bond acceptors (Lipinski definition) is 3. The van der Waals surface area contributed by atoms with Gasteiger partial charge in [-0.2, -0.15) is 0 Å². The Bertz CT molecular complexity index is 544. The Balaban J connectivity index is 0.00000121. The van der Waals surface area contributed by atoms with Gasteiger partial charge in [-0.3, -0.25) is 4.79 Å². The predicted octanol–water partition coefficient (Wildman–Crippen LogP) is 1.21. The normalized spacial score (nSPS) is 29.1. The van der Waals surface area contributed by atoms with Crippen LogP contribution in [0.5, 0.6) is 0 Å². The standard InChI is InChI=1S/C15H18N2O2.ClH/c18-10-7-12(16-8-10)14(19)17-9-15(5-6-15)11-3-1-2-4-13(11)17;/h1-4,10,12,16,18H,5-9H2;1H. The van der Waals surface area contributed by atoms with E-state index in [-0.39, 0.29) is 35.9 Å². The zero-order valence-electron chi connectivity index (χ0n) is 11.2. The van der Waals surface area contributed by atoms with Crippen LogP contribution < -0.4 is 10.2 Å². The van der Waals surface area contributed by atoms with Gasteiger partial charge in [-0.05, 0) is 30.9 Å². The number of carbonyl (C=O) groups is 1. The van der Waals surface area contributed by atoms with E-state index in [0.717, 1.165) is 12.2 Å². The average molecular weight is 295 g/mol. The van der Waals surface area contributed by atoms with Crippen LogP contribution in [-0.4, -0.2) is 36.2 Å². The highest BCUT2D eigenvalue weighted by Gasteiger charge is 2.53. The number of nitrogens with zero attached hydrogens (tertiary/aromatic N) is 1. The Morgan fingerprint density at radius 1 is 1.35 bits per heavy atom. The highest BCUT2D eigenvalue weighted by atomic mass is 35.5. The molecule has 1 saturated carbocycles. The summed E-state index contributed by atoms with van der Waals surface area (Å²) in [6.45, 7) is 1.34. The van der Waals surface area contributed by atoms with E-state index in [1.54, 1.807) is 0 Å². The summed E-state index contributed by atoms with van der Waals surface area (Å²) in [4.78, 5) is 14.6. The second-order valence-electron chi connectivity index (χ2n) is 6.07. The van der Waals surface area contributed by atoms with Crippen molar-refractivity contribution in [1.82, 2.24) is 5.32 Å². The molecular weight excluding hydrogens is 276 g/mol. The number of hydrogen-bond donors (Lipinski definition) is 2. The van der Waals surface area contributed by atoms with Crippen LogP contribution in [0.4, 0.5) is 5.69 Å². The van der Waals surface area contributed by atoms with Crippen LogP contribution in [0.2, 0.25) is 0 Å². The summed E-state index contributed by atoms with van der Waals surface area (Å²) in [6, 6.07) is 8.04. The van der Waals surface area contributed by atoms with Gasteiger partial charge in [0.15, 0.2) is 0 Å². The highest BCUT2D eigenvalue weighted by Crippen LogP contribution is 2.56. The minimum absolute atomic E-state index is 0. The van der Waals surface area contributed by atoms with E-state index in [1.807, 2.05) is 17.0 Å². The zero-order valence-corrected chi connectivity index (χ0v) is 12.0. The Hall–Kier alpha value is -1.10. The average Bonchev–Trinajstić information content (AvgIpc) is 2.95. The van der Waals surface area contributed by atoms with Crippen molar-refractivity contribution in [1.29, 1.82) is 0 Å². The molecule has 108 valence electrons. The van der Waals surface area contributed by atoms with Crippen LogP contribution in [0.3, 0.4) is 0 Å². The lowest BCUT2D eigenvalue weighted by molar-refractivity contribution is -0.120. The fourth-order valence-corrected chi connectivity index (χ4v) is 3.50. The Morgan fingerprint density at radius 2 is 2.10 bits per heavy atom. The van der Waals surface area contributed by atoms with Crippen molar-refractivity contribution in [3.05, 3.63) is 29.8 Å². The van der Waals surface area contributed by atoms with Gasteiger partial charge in [0.1, 0.15) is 0 Å².